The lowest BCUT2D eigenvalue weighted by molar-refractivity contribution is -0.384. The van der Waals surface area contributed by atoms with Gasteiger partial charge in [-0.15, -0.1) is 0 Å². The summed E-state index contributed by atoms with van der Waals surface area (Å²) in [5.41, 5.74) is 1.10. The van der Waals surface area contributed by atoms with Crippen molar-refractivity contribution in [3.63, 3.8) is 0 Å². The number of carbonyl (C=O) groups is 1. The molecule has 178 valence electrons. The number of amides is 2. The number of methoxy groups -OCH3 is 2. The zero-order valence-electron chi connectivity index (χ0n) is 18.6. The molecule has 0 aliphatic rings. The Balaban J connectivity index is 1.46. The number of hydrogen-bond acceptors (Lipinski definition) is 7. The van der Waals surface area contributed by atoms with Crippen LogP contribution in [0, 0.1) is 10.1 Å². The van der Waals surface area contributed by atoms with Crippen molar-refractivity contribution in [1.82, 2.24) is 4.98 Å². The van der Waals surface area contributed by atoms with E-state index in [0.717, 1.165) is 5.39 Å². The van der Waals surface area contributed by atoms with Crippen LogP contribution in [-0.4, -0.2) is 30.2 Å². The van der Waals surface area contributed by atoms with E-state index < -0.39 is 11.0 Å². The number of pyridine rings is 1. The standard InChI is InChI=1S/C24H19ClN4O6/c1-33-22-12-17-19(13-23(22)34-2)26-10-9-21(17)35-16-6-3-14(4-7-16)27-24(30)28-15-5-8-18(25)20(11-15)29(31)32/h3-13H,1-2H3,(H2,27,28,30). The van der Waals surface area contributed by atoms with Gasteiger partial charge in [-0.1, -0.05) is 11.6 Å². The number of hydrogen-bond donors (Lipinski definition) is 2. The average Bonchev–Trinajstić information content (AvgIpc) is 2.85. The van der Waals surface area contributed by atoms with Crippen molar-refractivity contribution in [2.45, 2.75) is 0 Å². The first-order valence-corrected chi connectivity index (χ1v) is 10.6. The van der Waals surface area contributed by atoms with Crippen LogP contribution < -0.4 is 24.8 Å². The number of nitro groups is 1. The molecule has 4 aromatic rings. The third-order valence-electron chi connectivity index (χ3n) is 4.95. The van der Waals surface area contributed by atoms with E-state index in [4.69, 9.17) is 25.8 Å². The molecule has 0 aliphatic carbocycles. The predicted molar refractivity (Wildman–Crippen MR) is 132 cm³/mol. The number of nitrogens with one attached hydrogen (secondary N) is 2. The molecule has 3 aromatic carbocycles. The summed E-state index contributed by atoms with van der Waals surface area (Å²) in [5.74, 6) is 2.21. The Labute approximate surface area is 204 Å². The molecule has 0 saturated heterocycles. The Kier molecular flexibility index (Phi) is 6.83. The number of halogens is 1. The van der Waals surface area contributed by atoms with E-state index in [-0.39, 0.29) is 16.4 Å². The number of rotatable bonds is 7. The topological polar surface area (TPSA) is 125 Å². The highest BCUT2D eigenvalue weighted by Gasteiger charge is 2.14. The first-order valence-electron chi connectivity index (χ1n) is 10.2. The monoisotopic (exact) mass is 494 g/mol. The predicted octanol–water partition coefficient (Wildman–Crippen LogP) is 6.25. The summed E-state index contributed by atoms with van der Waals surface area (Å²) in [7, 11) is 3.11. The summed E-state index contributed by atoms with van der Waals surface area (Å²) in [4.78, 5) is 27.0. The fourth-order valence-electron chi connectivity index (χ4n) is 3.29. The molecule has 10 nitrogen and oxygen atoms in total. The second kappa shape index (κ2) is 10.1. The Morgan fingerprint density at radius 1 is 0.914 bits per heavy atom. The van der Waals surface area contributed by atoms with Gasteiger partial charge in [0.2, 0.25) is 0 Å². The van der Waals surface area contributed by atoms with Crippen molar-refractivity contribution in [2.75, 3.05) is 24.9 Å². The molecule has 2 N–H and O–H groups in total. The zero-order valence-corrected chi connectivity index (χ0v) is 19.3. The van der Waals surface area contributed by atoms with Gasteiger partial charge in [-0.2, -0.15) is 0 Å². The van der Waals surface area contributed by atoms with Gasteiger partial charge in [-0.25, -0.2) is 4.79 Å². The van der Waals surface area contributed by atoms with Crippen LogP contribution in [0.25, 0.3) is 10.9 Å². The third-order valence-corrected chi connectivity index (χ3v) is 5.27. The molecule has 0 spiro atoms. The van der Waals surface area contributed by atoms with Crippen LogP contribution in [0.4, 0.5) is 21.9 Å². The summed E-state index contributed by atoms with van der Waals surface area (Å²) < 4.78 is 16.7. The maximum absolute atomic E-state index is 12.3. The Bertz CT molecular complexity index is 1410. The SMILES string of the molecule is COc1cc2nccc(Oc3ccc(NC(=O)Nc4ccc(Cl)c([N+](=O)[O-])c4)cc3)c2cc1OC. The minimum atomic E-state index is -0.622. The molecule has 1 aromatic heterocycles. The molecule has 35 heavy (non-hydrogen) atoms. The van der Waals surface area contributed by atoms with Gasteiger partial charge in [0.1, 0.15) is 16.5 Å². The van der Waals surface area contributed by atoms with Crippen LogP contribution >= 0.6 is 11.6 Å². The molecular formula is C24H19ClN4O6. The number of aromatic nitrogens is 1. The van der Waals surface area contributed by atoms with Gasteiger partial charge in [0.05, 0.1) is 24.7 Å². The number of benzene rings is 3. The van der Waals surface area contributed by atoms with Crippen LogP contribution in [0.1, 0.15) is 0 Å². The molecule has 0 atom stereocenters. The third kappa shape index (κ3) is 5.33. The molecular weight excluding hydrogens is 476 g/mol. The minimum absolute atomic E-state index is 0.0175. The molecule has 11 heteroatoms. The van der Waals surface area contributed by atoms with Crippen molar-refractivity contribution >= 4 is 45.6 Å². The van der Waals surface area contributed by atoms with Crippen molar-refractivity contribution in [2.24, 2.45) is 0 Å². The maximum atomic E-state index is 12.3. The summed E-state index contributed by atoms with van der Waals surface area (Å²) in [5, 5.41) is 16.9. The van der Waals surface area contributed by atoms with Gasteiger partial charge in [-0.05, 0) is 48.5 Å². The van der Waals surface area contributed by atoms with E-state index >= 15 is 0 Å². The molecule has 1 heterocycles. The summed E-state index contributed by atoms with van der Waals surface area (Å²) in [6, 6.07) is 15.4. The van der Waals surface area contributed by atoms with E-state index in [9.17, 15) is 14.9 Å². The quantitative estimate of drug-likeness (QED) is 0.230. The second-order valence-electron chi connectivity index (χ2n) is 7.16. The number of ether oxygens (including phenoxy) is 3. The van der Waals surface area contributed by atoms with Gasteiger partial charge >= 0.3 is 6.03 Å². The number of anilines is 2. The van der Waals surface area contributed by atoms with Gasteiger partial charge in [-0.3, -0.25) is 15.1 Å². The van der Waals surface area contributed by atoms with Crippen molar-refractivity contribution < 1.29 is 23.9 Å². The number of carbonyl (C=O) groups excluding carboxylic acids is 1. The number of nitrogens with zero attached hydrogens (tertiary/aromatic N) is 2. The normalized spacial score (nSPS) is 10.5. The molecule has 0 fully saturated rings. The Hall–Kier alpha value is -4.57. The minimum Gasteiger partial charge on any atom is -0.493 e. The van der Waals surface area contributed by atoms with Gasteiger partial charge < -0.3 is 24.8 Å². The first kappa shape index (κ1) is 23.6. The van der Waals surface area contributed by atoms with Crippen LogP contribution in [0.5, 0.6) is 23.0 Å². The Morgan fingerprint density at radius 2 is 1.57 bits per heavy atom. The highest BCUT2D eigenvalue weighted by atomic mass is 35.5. The van der Waals surface area contributed by atoms with Crippen LogP contribution in [0.3, 0.4) is 0 Å². The van der Waals surface area contributed by atoms with Crippen molar-refractivity contribution in [3.8, 4) is 23.0 Å². The second-order valence-corrected chi connectivity index (χ2v) is 7.57. The number of fused-ring (bicyclic) bond motifs is 1. The fourth-order valence-corrected chi connectivity index (χ4v) is 3.48. The van der Waals surface area contributed by atoms with E-state index in [1.165, 1.54) is 18.2 Å². The smallest absolute Gasteiger partial charge is 0.323 e. The van der Waals surface area contributed by atoms with Crippen LogP contribution in [0.2, 0.25) is 5.02 Å². The molecule has 0 saturated carbocycles. The Morgan fingerprint density at radius 3 is 2.26 bits per heavy atom. The van der Waals surface area contributed by atoms with Gasteiger partial charge in [0.25, 0.3) is 5.69 Å². The van der Waals surface area contributed by atoms with E-state index in [1.807, 2.05) is 0 Å². The van der Waals surface area contributed by atoms with E-state index in [0.29, 0.717) is 34.2 Å². The zero-order chi connectivity index (χ0) is 24.9. The van der Waals surface area contributed by atoms with Crippen molar-refractivity contribution in [1.29, 1.82) is 0 Å². The summed E-state index contributed by atoms with van der Waals surface area (Å²) in [6.45, 7) is 0. The lowest BCUT2D eigenvalue weighted by Gasteiger charge is -2.13. The highest BCUT2D eigenvalue weighted by Crippen LogP contribution is 2.37. The number of urea groups is 1. The number of nitro benzene ring substituents is 1. The molecule has 4 rings (SSSR count). The molecule has 0 radical (unpaired) electrons. The largest absolute Gasteiger partial charge is 0.493 e. The maximum Gasteiger partial charge on any atom is 0.323 e. The molecule has 2 amide bonds. The average molecular weight is 495 g/mol. The van der Waals surface area contributed by atoms with Crippen LogP contribution in [-0.2, 0) is 0 Å². The summed E-state index contributed by atoms with van der Waals surface area (Å²) in [6.07, 6.45) is 1.63. The molecule has 0 aliphatic heterocycles. The van der Waals surface area contributed by atoms with Crippen molar-refractivity contribution in [3.05, 3.63) is 82.0 Å². The van der Waals surface area contributed by atoms with E-state index in [1.54, 1.807) is 62.9 Å². The molecule has 0 bridgehead atoms. The first-order chi connectivity index (χ1) is 16.9. The van der Waals surface area contributed by atoms with Gasteiger partial charge in [0, 0.05) is 35.1 Å². The lowest BCUT2D eigenvalue weighted by Crippen LogP contribution is -2.19. The molecule has 0 unspecified atom stereocenters. The van der Waals surface area contributed by atoms with Crippen LogP contribution in [0.15, 0.2) is 66.9 Å². The summed E-state index contributed by atoms with van der Waals surface area (Å²) >= 11 is 5.79. The lowest BCUT2D eigenvalue weighted by atomic mass is 10.2. The fraction of sp³-hybridized carbons (Fsp3) is 0.0833. The van der Waals surface area contributed by atoms with Gasteiger partial charge in [0.15, 0.2) is 11.5 Å². The van der Waals surface area contributed by atoms with E-state index in [2.05, 4.69) is 15.6 Å². The highest BCUT2D eigenvalue weighted by molar-refractivity contribution is 6.32.